The molecule has 0 atom stereocenters. The van der Waals surface area contributed by atoms with Gasteiger partial charge in [-0.1, -0.05) is 24.3 Å². The Morgan fingerprint density at radius 2 is 2.00 bits per heavy atom. The van der Waals surface area contributed by atoms with E-state index in [1.165, 1.54) is 5.56 Å². The maximum atomic E-state index is 12.3. The van der Waals surface area contributed by atoms with Crippen molar-refractivity contribution < 1.29 is 14.3 Å². The van der Waals surface area contributed by atoms with Crippen LogP contribution in [0.25, 0.3) is 0 Å². The van der Waals surface area contributed by atoms with Crippen LogP contribution in [0.2, 0.25) is 0 Å². The van der Waals surface area contributed by atoms with Crippen LogP contribution in [0.1, 0.15) is 21.5 Å². The Bertz CT molecular complexity index is 847. The van der Waals surface area contributed by atoms with Crippen LogP contribution in [0.4, 0.5) is 0 Å². The second-order valence-corrected chi connectivity index (χ2v) is 8.21. The second-order valence-electron chi connectivity index (χ2n) is 7.13. The molecule has 0 bridgehead atoms. The fourth-order valence-corrected chi connectivity index (χ4v) is 3.72. The molecule has 7 heteroatoms. The van der Waals surface area contributed by atoms with Crippen LogP contribution in [0.15, 0.2) is 53.6 Å². The van der Waals surface area contributed by atoms with E-state index < -0.39 is 0 Å². The highest BCUT2D eigenvalue weighted by Crippen LogP contribution is 2.24. The summed E-state index contributed by atoms with van der Waals surface area (Å²) < 4.78 is 11.2. The van der Waals surface area contributed by atoms with Crippen LogP contribution in [0.5, 0.6) is 5.75 Å². The number of hydrogen-bond donors (Lipinski definition) is 1. The van der Waals surface area contributed by atoms with Crippen LogP contribution >= 0.6 is 11.8 Å². The van der Waals surface area contributed by atoms with Crippen LogP contribution < -0.4 is 10.2 Å². The monoisotopic (exact) mass is 411 g/mol. The third kappa shape index (κ3) is 5.82. The summed E-state index contributed by atoms with van der Waals surface area (Å²) in [6.07, 6.45) is 1.94. The molecule has 0 unspecified atom stereocenters. The van der Waals surface area contributed by atoms with Crippen molar-refractivity contribution in [2.45, 2.75) is 12.6 Å². The minimum absolute atomic E-state index is 0.224. The van der Waals surface area contributed by atoms with Gasteiger partial charge in [-0.25, -0.2) is 5.43 Å². The van der Waals surface area contributed by atoms with E-state index in [9.17, 15) is 4.79 Å². The molecule has 2 aliphatic rings. The third-order valence-corrected chi connectivity index (χ3v) is 6.09. The van der Waals surface area contributed by atoms with Crippen LogP contribution in [-0.2, 0) is 11.3 Å². The lowest BCUT2D eigenvalue weighted by Crippen LogP contribution is -2.35. The summed E-state index contributed by atoms with van der Waals surface area (Å²) in [5.74, 6) is 2.69. The van der Waals surface area contributed by atoms with Crippen LogP contribution in [0.3, 0.4) is 0 Å². The Morgan fingerprint density at radius 1 is 1.21 bits per heavy atom. The molecule has 0 aromatic heterocycles. The zero-order valence-electron chi connectivity index (χ0n) is 16.3. The Hall–Kier alpha value is -2.35. The molecule has 0 aliphatic carbocycles. The first kappa shape index (κ1) is 19.9. The number of rotatable bonds is 7. The zero-order chi connectivity index (χ0) is 19.9. The molecule has 6 nitrogen and oxygen atoms in total. The molecular weight excluding hydrogens is 386 g/mol. The average Bonchev–Trinajstić information content (AvgIpc) is 2.72. The van der Waals surface area contributed by atoms with Crippen molar-refractivity contribution in [3.05, 3.63) is 65.2 Å². The molecule has 2 fully saturated rings. The first-order chi connectivity index (χ1) is 14.3. The number of nitrogens with zero attached hydrogens (tertiary/aromatic N) is 2. The summed E-state index contributed by atoms with van der Waals surface area (Å²) in [5.41, 5.74) is 5.25. The van der Waals surface area contributed by atoms with E-state index >= 15 is 0 Å². The number of morpholine rings is 1. The summed E-state index contributed by atoms with van der Waals surface area (Å²) >= 11 is 1.89. The largest absolute Gasteiger partial charge is 0.489 e. The van der Waals surface area contributed by atoms with Gasteiger partial charge in [0.1, 0.15) is 11.9 Å². The summed E-state index contributed by atoms with van der Waals surface area (Å²) in [7, 11) is 0. The fourth-order valence-electron chi connectivity index (χ4n) is 3.15. The third-order valence-electron chi connectivity index (χ3n) is 4.87. The number of hydrogen-bond acceptors (Lipinski definition) is 6. The van der Waals surface area contributed by atoms with Crippen molar-refractivity contribution >= 4 is 23.9 Å². The second kappa shape index (κ2) is 9.91. The number of ether oxygens (including phenoxy) is 2. The topological polar surface area (TPSA) is 63.2 Å². The summed E-state index contributed by atoms with van der Waals surface area (Å²) in [5, 5.41) is 4.08. The van der Waals surface area contributed by atoms with E-state index in [4.69, 9.17) is 9.47 Å². The zero-order valence-corrected chi connectivity index (χ0v) is 17.1. The van der Waals surface area contributed by atoms with Crippen molar-refractivity contribution in [3.63, 3.8) is 0 Å². The van der Waals surface area contributed by atoms with Crippen molar-refractivity contribution in [1.29, 1.82) is 0 Å². The molecule has 4 rings (SSSR count). The number of nitrogens with one attached hydrogen (secondary N) is 1. The van der Waals surface area contributed by atoms with Gasteiger partial charge in [0.25, 0.3) is 5.91 Å². The number of benzene rings is 2. The van der Waals surface area contributed by atoms with Gasteiger partial charge in [-0.15, -0.1) is 0 Å². The van der Waals surface area contributed by atoms with E-state index in [-0.39, 0.29) is 5.91 Å². The molecule has 1 amide bonds. The van der Waals surface area contributed by atoms with Gasteiger partial charge < -0.3 is 9.47 Å². The van der Waals surface area contributed by atoms with Gasteiger partial charge in [-0.2, -0.15) is 16.9 Å². The van der Waals surface area contributed by atoms with Gasteiger partial charge in [0.05, 0.1) is 19.4 Å². The number of amides is 1. The average molecular weight is 412 g/mol. The Morgan fingerprint density at radius 3 is 2.72 bits per heavy atom. The molecule has 0 radical (unpaired) electrons. The molecule has 2 heterocycles. The minimum atomic E-state index is -0.224. The van der Waals surface area contributed by atoms with E-state index in [0.29, 0.717) is 11.7 Å². The number of carbonyl (C=O) groups excluding carboxylic acids is 1. The van der Waals surface area contributed by atoms with Crippen molar-refractivity contribution in [3.8, 4) is 5.75 Å². The SMILES string of the molecule is O=C(N/N=C\c1cccc(OC2CSC2)c1)c1ccc(CN2CCOCC2)cc1. The Labute approximate surface area is 175 Å². The van der Waals surface area contributed by atoms with E-state index in [0.717, 1.165) is 55.7 Å². The lowest BCUT2D eigenvalue weighted by atomic mass is 10.1. The van der Waals surface area contributed by atoms with Crippen LogP contribution in [0, 0.1) is 0 Å². The molecule has 2 aromatic rings. The molecule has 0 spiro atoms. The number of carbonyl (C=O) groups is 1. The van der Waals surface area contributed by atoms with Gasteiger partial charge in [-0.3, -0.25) is 9.69 Å². The molecule has 152 valence electrons. The molecule has 1 N–H and O–H groups in total. The maximum Gasteiger partial charge on any atom is 0.271 e. The smallest absolute Gasteiger partial charge is 0.271 e. The van der Waals surface area contributed by atoms with Crippen molar-refractivity contribution in [2.24, 2.45) is 5.10 Å². The quantitative estimate of drug-likeness (QED) is 0.561. The molecule has 0 saturated carbocycles. The van der Waals surface area contributed by atoms with Crippen molar-refractivity contribution in [1.82, 2.24) is 10.3 Å². The standard InChI is InChI=1S/C22H25N3O3S/c26-22(19-6-4-17(5-7-19)14-25-8-10-27-11-9-25)24-23-13-18-2-1-3-20(12-18)28-21-15-29-16-21/h1-7,12-13,21H,8-11,14-16H2,(H,24,26)/b23-13-. The minimum Gasteiger partial charge on any atom is -0.489 e. The van der Waals surface area contributed by atoms with E-state index in [1.54, 1.807) is 6.21 Å². The predicted octanol–water partition coefficient (Wildman–Crippen LogP) is 2.78. The molecule has 2 aromatic carbocycles. The Kier molecular flexibility index (Phi) is 6.82. The fraction of sp³-hybridized carbons (Fsp3) is 0.364. The molecule has 2 saturated heterocycles. The lowest BCUT2D eigenvalue weighted by molar-refractivity contribution is 0.0342. The highest BCUT2D eigenvalue weighted by molar-refractivity contribution is 8.00. The first-order valence-corrected chi connectivity index (χ1v) is 11.0. The van der Waals surface area contributed by atoms with Crippen molar-refractivity contribution in [2.75, 3.05) is 37.8 Å². The van der Waals surface area contributed by atoms with Gasteiger partial charge in [0, 0.05) is 36.7 Å². The van der Waals surface area contributed by atoms with E-state index in [2.05, 4.69) is 15.4 Å². The van der Waals surface area contributed by atoms with Gasteiger partial charge in [0.2, 0.25) is 0 Å². The number of thioether (sulfide) groups is 1. The highest BCUT2D eigenvalue weighted by atomic mass is 32.2. The predicted molar refractivity (Wildman–Crippen MR) is 116 cm³/mol. The van der Waals surface area contributed by atoms with E-state index in [1.807, 2.05) is 60.3 Å². The maximum absolute atomic E-state index is 12.3. The molecular formula is C22H25N3O3S. The van der Waals surface area contributed by atoms with Gasteiger partial charge in [0.15, 0.2) is 0 Å². The first-order valence-electron chi connectivity index (χ1n) is 9.83. The number of hydrazone groups is 1. The summed E-state index contributed by atoms with van der Waals surface area (Å²) in [4.78, 5) is 14.7. The normalized spacial score (nSPS) is 17.8. The van der Waals surface area contributed by atoms with Crippen LogP contribution in [-0.4, -0.2) is 60.9 Å². The summed E-state index contributed by atoms with van der Waals surface area (Å²) in [6.45, 7) is 4.34. The Balaban J connectivity index is 1.28. The highest BCUT2D eigenvalue weighted by Gasteiger charge is 2.19. The summed E-state index contributed by atoms with van der Waals surface area (Å²) in [6, 6.07) is 15.4. The lowest BCUT2D eigenvalue weighted by Gasteiger charge is -2.26. The molecule has 2 aliphatic heterocycles. The van der Waals surface area contributed by atoms with Gasteiger partial charge >= 0.3 is 0 Å². The molecule has 29 heavy (non-hydrogen) atoms. The van der Waals surface area contributed by atoms with Gasteiger partial charge in [-0.05, 0) is 35.4 Å².